The quantitative estimate of drug-likeness (QED) is 0.0397. The molecule has 0 aliphatic heterocycles. The maximum atomic E-state index is 14.4. The molecule has 332 valence electrons. The van der Waals surface area contributed by atoms with Crippen molar-refractivity contribution in [1.29, 1.82) is 0 Å². The Morgan fingerprint density at radius 1 is 0.609 bits per heavy atom. The molecule has 4 N–H and O–H groups in total. The van der Waals surface area contributed by atoms with E-state index in [1.165, 1.54) is 31.1 Å². The molecule has 13 heteroatoms. The summed E-state index contributed by atoms with van der Waals surface area (Å²) in [4.78, 5) is 82.4. The van der Waals surface area contributed by atoms with Crippen LogP contribution in [0.1, 0.15) is 54.0 Å². The van der Waals surface area contributed by atoms with Crippen LogP contribution in [0.25, 0.3) is 0 Å². The number of hydrogen-bond donors (Lipinski definition) is 4. The number of benzene rings is 5. The Morgan fingerprint density at radius 3 is 1.59 bits per heavy atom. The van der Waals surface area contributed by atoms with E-state index in [-0.39, 0.29) is 38.4 Å². The first-order valence-electron chi connectivity index (χ1n) is 21.1. The summed E-state index contributed by atoms with van der Waals surface area (Å²) in [5, 5.41) is 11.5. The summed E-state index contributed by atoms with van der Waals surface area (Å²) in [5.41, 5.74) is 2.83. The molecule has 0 aromatic heterocycles. The van der Waals surface area contributed by atoms with Crippen LogP contribution in [0.2, 0.25) is 0 Å². The maximum Gasteiger partial charge on any atom is 0.408 e. The first-order valence-corrected chi connectivity index (χ1v) is 21.1. The molecule has 0 fully saturated rings. The second-order valence-electron chi connectivity index (χ2n) is 15.2. The number of nitrogens with one attached hydrogen (secondary N) is 4. The lowest BCUT2D eigenvalue weighted by atomic mass is 9.77. The fourth-order valence-corrected chi connectivity index (χ4v) is 7.03. The molecule has 0 aliphatic carbocycles. The molecule has 64 heavy (non-hydrogen) atoms. The first-order chi connectivity index (χ1) is 31.0. The summed E-state index contributed by atoms with van der Waals surface area (Å²) < 4.78 is 10.5. The minimum absolute atomic E-state index is 0.0216. The number of nitrogens with zero attached hydrogens (tertiary/aromatic N) is 1. The van der Waals surface area contributed by atoms with E-state index in [1.54, 1.807) is 55.5 Å². The van der Waals surface area contributed by atoms with E-state index >= 15 is 0 Å². The Bertz CT molecular complexity index is 2210. The van der Waals surface area contributed by atoms with Gasteiger partial charge in [0.15, 0.2) is 0 Å². The van der Waals surface area contributed by atoms with Crippen molar-refractivity contribution < 1.29 is 38.2 Å². The van der Waals surface area contributed by atoms with Crippen molar-refractivity contribution >= 4 is 35.7 Å². The molecule has 5 aromatic rings. The number of carbonyl (C=O) groups excluding carboxylic acids is 6. The van der Waals surface area contributed by atoms with Crippen molar-refractivity contribution in [2.45, 2.75) is 62.9 Å². The van der Waals surface area contributed by atoms with Crippen molar-refractivity contribution in [2.75, 3.05) is 20.7 Å². The fraction of sp³-hybridized carbons (Fsp3) is 0.255. The maximum absolute atomic E-state index is 14.4. The van der Waals surface area contributed by atoms with Gasteiger partial charge in [-0.2, -0.15) is 0 Å². The molecular weight excluding hydrogens is 811 g/mol. The highest BCUT2D eigenvalue weighted by Gasteiger charge is 2.38. The number of rotatable bonds is 21. The highest BCUT2D eigenvalue weighted by molar-refractivity contribution is 5.94. The average Bonchev–Trinajstić information content (AvgIpc) is 3.32. The van der Waals surface area contributed by atoms with Gasteiger partial charge >= 0.3 is 12.1 Å². The van der Waals surface area contributed by atoms with E-state index in [1.807, 2.05) is 103 Å². The third-order valence-electron chi connectivity index (χ3n) is 10.3. The molecule has 5 amide bonds. The van der Waals surface area contributed by atoms with Crippen molar-refractivity contribution in [3.05, 3.63) is 192 Å². The number of amides is 5. The monoisotopic (exact) mass is 865 g/mol. The van der Waals surface area contributed by atoms with Crippen molar-refractivity contribution in [3.8, 4) is 0 Å². The normalized spacial score (nSPS) is 12.5. The largest absolute Gasteiger partial charge is 0.463 e. The summed E-state index contributed by atoms with van der Waals surface area (Å²) in [5.74, 6) is -2.89. The average molecular weight is 866 g/mol. The first kappa shape index (κ1) is 47.5. The van der Waals surface area contributed by atoms with Crippen LogP contribution in [0.5, 0.6) is 0 Å². The smallest absolute Gasteiger partial charge is 0.408 e. The van der Waals surface area contributed by atoms with Gasteiger partial charge in [0.05, 0.1) is 13.0 Å². The van der Waals surface area contributed by atoms with Crippen LogP contribution in [0.4, 0.5) is 4.79 Å². The van der Waals surface area contributed by atoms with Gasteiger partial charge < -0.3 is 35.6 Å². The number of alkyl carbamates (subject to hydrolysis) is 1. The molecule has 3 atom stereocenters. The predicted octanol–water partition coefficient (Wildman–Crippen LogP) is 5.98. The summed E-state index contributed by atoms with van der Waals surface area (Å²) in [6, 6.07) is 43.3. The topological polar surface area (TPSA) is 172 Å². The van der Waals surface area contributed by atoms with Gasteiger partial charge in [0.1, 0.15) is 24.2 Å². The lowest BCUT2D eigenvalue weighted by molar-refractivity contribution is -0.137. The van der Waals surface area contributed by atoms with E-state index in [4.69, 9.17) is 9.47 Å². The molecule has 13 nitrogen and oxygen atoms in total. The van der Waals surface area contributed by atoms with Crippen LogP contribution in [0, 0.1) is 0 Å². The Kier molecular flexibility index (Phi) is 18.0. The summed E-state index contributed by atoms with van der Waals surface area (Å²) in [6.07, 6.45) is 1.26. The number of hydrogen-bond acceptors (Lipinski definition) is 8. The molecule has 5 rings (SSSR count). The molecule has 0 aliphatic rings. The summed E-state index contributed by atoms with van der Waals surface area (Å²) >= 11 is 0. The minimum Gasteiger partial charge on any atom is -0.463 e. The van der Waals surface area contributed by atoms with Crippen LogP contribution in [-0.4, -0.2) is 79.4 Å². The van der Waals surface area contributed by atoms with Crippen molar-refractivity contribution in [2.24, 2.45) is 0 Å². The second-order valence-corrected chi connectivity index (χ2v) is 15.2. The lowest BCUT2D eigenvalue weighted by Gasteiger charge is -2.37. The Balaban J connectivity index is 1.39. The minimum atomic E-state index is -1.41. The molecule has 0 spiro atoms. The molecule has 0 saturated heterocycles. The summed E-state index contributed by atoms with van der Waals surface area (Å²) in [7, 11) is 3.04. The van der Waals surface area contributed by atoms with E-state index in [0.717, 1.165) is 22.3 Å². The predicted molar refractivity (Wildman–Crippen MR) is 243 cm³/mol. The lowest BCUT2D eigenvalue weighted by Crippen LogP contribution is -2.56. The van der Waals surface area contributed by atoms with Gasteiger partial charge in [-0.05, 0) is 41.2 Å². The molecule has 0 bridgehead atoms. The standard InChI is InChI=1S/C51H55N5O8/c1-4-63-47(59)33-31-42(30-32-45(57)55-51(39-24-14-7-15-25-39,40-26-16-8-17-27-40)41-28-18-9-19-29-41)52-48(60)43(34-37-20-10-5-11-21-37)53-49(61)44(35-46(58)56(2)3)54-50(62)64-36-38-22-12-6-13-23-38/h5-29,31,33,42-44H,4,30,32,34-36H2,1-3H3,(H,52,60)(H,53,61)(H,54,62)(H,55,57)/b33-31+/t42-,43-,44-/m0/s1. The Labute approximate surface area is 374 Å². The highest BCUT2D eigenvalue weighted by Crippen LogP contribution is 2.37. The third-order valence-corrected chi connectivity index (χ3v) is 10.3. The third kappa shape index (κ3) is 14.0. The zero-order chi connectivity index (χ0) is 45.7. The van der Waals surface area contributed by atoms with Crippen LogP contribution in [0.15, 0.2) is 164 Å². The van der Waals surface area contributed by atoms with Crippen LogP contribution in [-0.2, 0) is 52.0 Å². The zero-order valence-electron chi connectivity index (χ0n) is 36.3. The molecule has 0 saturated carbocycles. The molecular formula is C51H55N5O8. The van der Waals surface area contributed by atoms with Gasteiger partial charge in [-0.25, -0.2) is 9.59 Å². The van der Waals surface area contributed by atoms with Crippen LogP contribution >= 0.6 is 0 Å². The van der Waals surface area contributed by atoms with E-state index in [0.29, 0.717) is 5.56 Å². The fourth-order valence-electron chi connectivity index (χ4n) is 7.03. The van der Waals surface area contributed by atoms with Gasteiger partial charge in [0, 0.05) is 39.1 Å². The highest BCUT2D eigenvalue weighted by atomic mass is 16.5. The SMILES string of the molecule is CCOC(=O)/C=C/[C@H](CCC(=O)NC(c1ccccc1)(c1ccccc1)c1ccccc1)NC(=O)[C@H](Cc1ccccc1)NC(=O)[C@H](CC(=O)N(C)C)NC(=O)OCc1ccccc1. The van der Waals surface area contributed by atoms with Gasteiger partial charge in [-0.15, -0.1) is 0 Å². The molecule has 0 heterocycles. The van der Waals surface area contributed by atoms with Gasteiger partial charge in [-0.3, -0.25) is 19.2 Å². The Hall–Kier alpha value is -7.54. The molecule has 5 aromatic carbocycles. The number of esters is 1. The van der Waals surface area contributed by atoms with E-state index in [9.17, 15) is 28.8 Å². The molecule has 0 radical (unpaired) electrons. The van der Waals surface area contributed by atoms with Crippen molar-refractivity contribution in [1.82, 2.24) is 26.2 Å². The zero-order valence-corrected chi connectivity index (χ0v) is 36.3. The number of carbonyl (C=O) groups is 6. The Morgan fingerprint density at radius 2 is 1.09 bits per heavy atom. The second kappa shape index (κ2) is 24.2. The van der Waals surface area contributed by atoms with Gasteiger partial charge in [-0.1, -0.05) is 158 Å². The van der Waals surface area contributed by atoms with Gasteiger partial charge in [0.25, 0.3) is 0 Å². The van der Waals surface area contributed by atoms with E-state index in [2.05, 4.69) is 21.3 Å². The summed E-state index contributed by atoms with van der Waals surface area (Å²) in [6.45, 7) is 1.72. The van der Waals surface area contributed by atoms with Crippen LogP contribution < -0.4 is 21.3 Å². The van der Waals surface area contributed by atoms with Crippen LogP contribution in [0.3, 0.4) is 0 Å². The number of ether oxygens (including phenoxy) is 2. The van der Waals surface area contributed by atoms with Gasteiger partial charge in [0.2, 0.25) is 23.6 Å². The van der Waals surface area contributed by atoms with Crippen molar-refractivity contribution in [3.63, 3.8) is 0 Å². The molecule has 0 unspecified atom stereocenters. The van der Waals surface area contributed by atoms with E-state index < -0.39 is 59.9 Å².